The molecule has 1 heterocycles. The van der Waals surface area contributed by atoms with Crippen LogP contribution in [0.4, 0.5) is 19.2 Å². The first-order chi connectivity index (χ1) is 13.7. The van der Waals surface area contributed by atoms with E-state index in [-0.39, 0.29) is 35.1 Å². The number of nitrogens with one attached hydrogen (secondary N) is 2. The Hall–Kier alpha value is -2.14. The Kier molecular flexibility index (Phi) is 6.47. The third-order valence-corrected chi connectivity index (χ3v) is 6.39. The molecule has 160 valence electrons. The van der Waals surface area contributed by atoms with Gasteiger partial charge in [0.25, 0.3) is 0 Å². The van der Waals surface area contributed by atoms with Crippen molar-refractivity contribution in [2.45, 2.75) is 44.8 Å². The van der Waals surface area contributed by atoms with Gasteiger partial charge in [0, 0.05) is 18.2 Å². The average Bonchev–Trinajstić information content (AvgIpc) is 3.15. The first kappa shape index (κ1) is 21.6. The molecule has 0 atom stereocenters. The van der Waals surface area contributed by atoms with Crippen molar-refractivity contribution in [1.29, 1.82) is 0 Å². The fourth-order valence-electron chi connectivity index (χ4n) is 3.27. The van der Waals surface area contributed by atoms with E-state index in [4.69, 9.17) is 4.52 Å². The molecule has 0 saturated heterocycles. The number of hydrogen-bond donors (Lipinski definition) is 2. The van der Waals surface area contributed by atoms with Gasteiger partial charge in [0.15, 0.2) is 0 Å². The minimum absolute atomic E-state index is 0.0648. The maximum Gasteiger partial charge on any atom is 0.416 e. The van der Waals surface area contributed by atoms with Crippen LogP contribution in [-0.2, 0) is 16.2 Å². The molecular formula is C18H23F3N4O3S. The highest BCUT2D eigenvalue weighted by Gasteiger charge is 2.31. The van der Waals surface area contributed by atoms with E-state index in [1.807, 2.05) is 0 Å². The van der Waals surface area contributed by atoms with Crippen LogP contribution >= 0.6 is 0 Å². The largest absolute Gasteiger partial charge is 0.416 e. The zero-order valence-corrected chi connectivity index (χ0v) is 16.7. The van der Waals surface area contributed by atoms with Gasteiger partial charge in [0.2, 0.25) is 15.8 Å². The third-order valence-electron chi connectivity index (χ3n) is 5.02. The van der Waals surface area contributed by atoms with Gasteiger partial charge in [-0.05, 0) is 50.7 Å². The second-order valence-corrected chi connectivity index (χ2v) is 9.21. The summed E-state index contributed by atoms with van der Waals surface area (Å²) in [4.78, 5) is 4.15. The van der Waals surface area contributed by atoms with Crippen molar-refractivity contribution in [3.63, 3.8) is 0 Å². The highest BCUT2D eigenvalue weighted by Crippen LogP contribution is 2.32. The number of aromatic nitrogens is 2. The molecular weight excluding hydrogens is 409 g/mol. The van der Waals surface area contributed by atoms with Crippen LogP contribution in [0, 0.1) is 5.92 Å². The Labute approximate surface area is 167 Å². The topological polar surface area (TPSA) is 97.1 Å². The van der Waals surface area contributed by atoms with E-state index in [1.54, 1.807) is 6.92 Å². The van der Waals surface area contributed by atoms with Crippen LogP contribution < -0.4 is 10.0 Å². The summed E-state index contributed by atoms with van der Waals surface area (Å²) in [5.74, 6) is 0.425. The number of hydrogen-bond acceptors (Lipinski definition) is 6. The van der Waals surface area contributed by atoms with E-state index >= 15 is 0 Å². The van der Waals surface area contributed by atoms with Gasteiger partial charge in [-0.1, -0.05) is 17.3 Å². The molecule has 0 unspecified atom stereocenters. The number of nitrogens with zero attached hydrogens (tertiary/aromatic N) is 2. The number of halogens is 3. The van der Waals surface area contributed by atoms with Crippen molar-refractivity contribution in [3.8, 4) is 11.4 Å². The Bertz CT molecular complexity index is 922. The number of anilines is 1. The summed E-state index contributed by atoms with van der Waals surface area (Å²) in [7, 11) is -3.19. The van der Waals surface area contributed by atoms with E-state index in [0.29, 0.717) is 6.54 Å². The van der Waals surface area contributed by atoms with Gasteiger partial charge in [-0.25, -0.2) is 13.1 Å². The summed E-state index contributed by atoms with van der Waals surface area (Å²) in [6.45, 7) is 2.03. The molecule has 2 aromatic rings. The molecule has 0 amide bonds. The van der Waals surface area contributed by atoms with Gasteiger partial charge in [-0.3, -0.25) is 0 Å². The van der Waals surface area contributed by atoms with Crippen LogP contribution in [0.3, 0.4) is 0 Å². The van der Waals surface area contributed by atoms with E-state index in [9.17, 15) is 21.6 Å². The second-order valence-electron chi connectivity index (χ2n) is 7.12. The predicted octanol–water partition coefficient (Wildman–Crippen LogP) is 3.67. The van der Waals surface area contributed by atoms with Crippen LogP contribution in [0.2, 0.25) is 0 Å². The van der Waals surface area contributed by atoms with Gasteiger partial charge in [-0.2, -0.15) is 18.2 Å². The lowest BCUT2D eigenvalue weighted by Gasteiger charge is -2.28. The zero-order chi connectivity index (χ0) is 21.1. The summed E-state index contributed by atoms with van der Waals surface area (Å²) in [5, 5.41) is 6.88. The number of sulfonamides is 1. The second kappa shape index (κ2) is 8.70. The molecule has 1 fully saturated rings. The summed E-state index contributed by atoms with van der Waals surface area (Å²) in [6.07, 6.45) is -1.14. The van der Waals surface area contributed by atoms with Crippen LogP contribution in [-0.4, -0.2) is 36.9 Å². The number of rotatable bonds is 7. The normalized spacial score (nSPS) is 20.6. The van der Waals surface area contributed by atoms with Crippen molar-refractivity contribution in [2.24, 2.45) is 5.92 Å². The Morgan fingerprint density at radius 1 is 1.21 bits per heavy atom. The fraction of sp³-hybridized carbons (Fsp3) is 0.556. The zero-order valence-electron chi connectivity index (χ0n) is 15.9. The van der Waals surface area contributed by atoms with Crippen LogP contribution in [0.5, 0.6) is 0 Å². The van der Waals surface area contributed by atoms with Crippen LogP contribution in [0.25, 0.3) is 11.4 Å². The van der Waals surface area contributed by atoms with Gasteiger partial charge in [0.05, 0.1) is 11.3 Å². The highest BCUT2D eigenvalue weighted by atomic mass is 32.2. The third kappa shape index (κ3) is 5.92. The molecule has 0 aliphatic heterocycles. The molecule has 1 aromatic heterocycles. The Balaban J connectivity index is 1.54. The van der Waals surface area contributed by atoms with Gasteiger partial charge in [-0.15, -0.1) is 0 Å². The predicted molar refractivity (Wildman–Crippen MR) is 102 cm³/mol. The lowest BCUT2D eigenvalue weighted by Crippen LogP contribution is -2.34. The standard InChI is InChI=1S/C18H23F3N4O3S/c1-2-29(26,27)22-11-12-6-8-15(9-7-12)23-17-24-16(25-28-17)13-4-3-5-14(10-13)18(19,20)21/h3-5,10,12,15,22H,2,6-9,11H2,1H3,(H,23,24,25)/t12-,15-. The van der Waals surface area contributed by atoms with Crippen molar-refractivity contribution >= 4 is 16.0 Å². The Morgan fingerprint density at radius 2 is 1.93 bits per heavy atom. The smallest absolute Gasteiger partial charge is 0.335 e. The molecule has 7 nitrogen and oxygen atoms in total. The number of benzene rings is 1. The van der Waals surface area contributed by atoms with E-state index in [1.165, 1.54) is 12.1 Å². The fourth-order valence-corrected chi connectivity index (χ4v) is 3.96. The summed E-state index contributed by atoms with van der Waals surface area (Å²) < 4.78 is 69.4. The van der Waals surface area contributed by atoms with E-state index in [2.05, 4.69) is 20.2 Å². The molecule has 3 rings (SSSR count). The molecule has 2 N–H and O–H groups in total. The van der Waals surface area contributed by atoms with Crippen LogP contribution in [0.15, 0.2) is 28.8 Å². The average molecular weight is 432 g/mol. The quantitative estimate of drug-likeness (QED) is 0.693. The van der Waals surface area contributed by atoms with Gasteiger partial charge in [0.1, 0.15) is 0 Å². The molecule has 29 heavy (non-hydrogen) atoms. The van der Waals surface area contributed by atoms with Crippen molar-refractivity contribution in [1.82, 2.24) is 14.9 Å². The first-order valence-corrected chi connectivity index (χ1v) is 11.1. The summed E-state index contributed by atoms with van der Waals surface area (Å²) in [6, 6.07) is 5.01. The SMILES string of the molecule is CCS(=O)(=O)NC[C@H]1CC[C@H](Nc2nc(-c3cccc(C(F)(F)F)c3)no2)CC1. The summed E-state index contributed by atoms with van der Waals surface area (Å²) >= 11 is 0. The lowest BCUT2D eigenvalue weighted by atomic mass is 9.86. The van der Waals surface area contributed by atoms with E-state index < -0.39 is 21.8 Å². The molecule has 0 bridgehead atoms. The molecule has 1 saturated carbocycles. The van der Waals surface area contributed by atoms with Crippen molar-refractivity contribution < 1.29 is 26.1 Å². The minimum atomic E-state index is -4.44. The highest BCUT2D eigenvalue weighted by molar-refractivity contribution is 7.89. The molecule has 1 aromatic carbocycles. The van der Waals surface area contributed by atoms with E-state index in [0.717, 1.165) is 37.8 Å². The first-order valence-electron chi connectivity index (χ1n) is 9.41. The monoisotopic (exact) mass is 432 g/mol. The van der Waals surface area contributed by atoms with Gasteiger partial charge >= 0.3 is 12.2 Å². The van der Waals surface area contributed by atoms with Crippen molar-refractivity contribution in [3.05, 3.63) is 29.8 Å². The summed E-state index contributed by atoms with van der Waals surface area (Å²) in [5.41, 5.74) is -0.546. The van der Waals surface area contributed by atoms with Crippen molar-refractivity contribution in [2.75, 3.05) is 17.6 Å². The lowest BCUT2D eigenvalue weighted by molar-refractivity contribution is -0.137. The maximum atomic E-state index is 12.9. The van der Waals surface area contributed by atoms with Crippen LogP contribution in [0.1, 0.15) is 38.2 Å². The molecule has 0 radical (unpaired) electrons. The Morgan fingerprint density at radius 3 is 2.59 bits per heavy atom. The number of alkyl halides is 3. The molecule has 0 spiro atoms. The molecule has 1 aliphatic carbocycles. The maximum absolute atomic E-state index is 12.9. The molecule has 11 heteroatoms. The molecule has 1 aliphatic rings. The minimum Gasteiger partial charge on any atom is -0.335 e. The van der Waals surface area contributed by atoms with Gasteiger partial charge < -0.3 is 9.84 Å².